The summed E-state index contributed by atoms with van der Waals surface area (Å²) in [4.78, 5) is 48.1. The quantitative estimate of drug-likeness (QED) is 0.612. The second-order valence-corrected chi connectivity index (χ2v) is 7.49. The summed E-state index contributed by atoms with van der Waals surface area (Å²) in [6.07, 6.45) is 3.71. The zero-order valence-corrected chi connectivity index (χ0v) is 15.3. The SMILES string of the molecule is O=C(NCC(c1cccs1)N1CCCC1)c1cnc2[nH]c(=O)[nH]c(=O)c2c1. The lowest BCUT2D eigenvalue weighted by atomic mass is 10.2. The molecular formula is C18H19N5O3S. The fraction of sp³-hybridized carbons (Fsp3) is 0.333. The molecule has 1 amide bonds. The molecule has 8 nitrogen and oxygen atoms in total. The monoisotopic (exact) mass is 385 g/mol. The van der Waals surface area contributed by atoms with E-state index in [9.17, 15) is 14.4 Å². The van der Waals surface area contributed by atoms with Crippen LogP contribution in [0.2, 0.25) is 0 Å². The second kappa shape index (κ2) is 7.45. The van der Waals surface area contributed by atoms with Gasteiger partial charge in [-0.2, -0.15) is 0 Å². The molecule has 0 bridgehead atoms. The molecule has 1 fully saturated rings. The summed E-state index contributed by atoms with van der Waals surface area (Å²) in [6, 6.07) is 5.70. The highest BCUT2D eigenvalue weighted by Gasteiger charge is 2.25. The van der Waals surface area contributed by atoms with Gasteiger partial charge in [0, 0.05) is 17.6 Å². The van der Waals surface area contributed by atoms with Gasteiger partial charge >= 0.3 is 5.69 Å². The number of likely N-dealkylation sites (tertiary alicyclic amines) is 1. The Labute approximate surface area is 158 Å². The van der Waals surface area contributed by atoms with Crippen molar-refractivity contribution >= 4 is 28.3 Å². The summed E-state index contributed by atoms with van der Waals surface area (Å²) >= 11 is 1.69. The molecular weight excluding hydrogens is 366 g/mol. The van der Waals surface area contributed by atoms with E-state index >= 15 is 0 Å². The summed E-state index contributed by atoms with van der Waals surface area (Å²) in [5.74, 6) is -0.296. The molecule has 4 rings (SSSR count). The van der Waals surface area contributed by atoms with Gasteiger partial charge in [0.1, 0.15) is 5.65 Å². The zero-order chi connectivity index (χ0) is 18.8. The molecule has 1 atom stereocenters. The van der Waals surface area contributed by atoms with Gasteiger partial charge in [-0.15, -0.1) is 11.3 Å². The molecule has 0 spiro atoms. The van der Waals surface area contributed by atoms with E-state index in [0.717, 1.165) is 13.1 Å². The van der Waals surface area contributed by atoms with Crippen LogP contribution < -0.4 is 16.6 Å². The van der Waals surface area contributed by atoms with Crippen molar-refractivity contribution in [3.05, 3.63) is 61.1 Å². The fourth-order valence-electron chi connectivity index (χ4n) is 3.41. The molecule has 1 aliphatic heterocycles. The van der Waals surface area contributed by atoms with E-state index in [1.54, 1.807) is 11.3 Å². The van der Waals surface area contributed by atoms with Crippen molar-refractivity contribution < 1.29 is 4.79 Å². The number of fused-ring (bicyclic) bond motifs is 1. The van der Waals surface area contributed by atoms with Crippen molar-refractivity contribution in [1.29, 1.82) is 0 Å². The first-order chi connectivity index (χ1) is 13.1. The molecule has 27 heavy (non-hydrogen) atoms. The van der Waals surface area contributed by atoms with Gasteiger partial charge in [-0.3, -0.25) is 24.5 Å². The first-order valence-corrected chi connectivity index (χ1v) is 9.68. The van der Waals surface area contributed by atoms with E-state index in [1.807, 2.05) is 11.4 Å². The number of carbonyl (C=O) groups is 1. The molecule has 1 unspecified atom stereocenters. The fourth-order valence-corrected chi connectivity index (χ4v) is 4.27. The van der Waals surface area contributed by atoms with Gasteiger partial charge in [0.15, 0.2) is 0 Å². The van der Waals surface area contributed by atoms with Crippen molar-refractivity contribution in [2.75, 3.05) is 19.6 Å². The topological polar surface area (TPSA) is 111 Å². The third kappa shape index (κ3) is 3.69. The minimum Gasteiger partial charge on any atom is -0.350 e. The Morgan fingerprint density at radius 3 is 2.85 bits per heavy atom. The van der Waals surface area contributed by atoms with Crippen LogP contribution >= 0.6 is 11.3 Å². The number of hydrogen-bond acceptors (Lipinski definition) is 6. The summed E-state index contributed by atoms with van der Waals surface area (Å²) in [5, 5.41) is 5.18. The molecule has 3 aromatic rings. The maximum atomic E-state index is 12.6. The highest BCUT2D eigenvalue weighted by molar-refractivity contribution is 7.10. The van der Waals surface area contributed by atoms with Crippen LogP contribution in [0.15, 0.2) is 39.4 Å². The highest BCUT2D eigenvalue weighted by Crippen LogP contribution is 2.27. The summed E-state index contributed by atoms with van der Waals surface area (Å²) in [5.41, 5.74) is -0.744. The van der Waals surface area contributed by atoms with E-state index in [0.29, 0.717) is 6.54 Å². The Balaban J connectivity index is 1.53. The highest BCUT2D eigenvalue weighted by atomic mass is 32.1. The van der Waals surface area contributed by atoms with Crippen LogP contribution in [-0.2, 0) is 0 Å². The summed E-state index contributed by atoms with van der Waals surface area (Å²) in [6.45, 7) is 2.54. The molecule has 3 N–H and O–H groups in total. The van der Waals surface area contributed by atoms with Crippen LogP contribution in [0.1, 0.15) is 34.1 Å². The maximum absolute atomic E-state index is 12.6. The molecule has 0 aromatic carbocycles. The van der Waals surface area contributed by atoms with E-state index in [-0.39, 0.29) is 28.5 Å². The number of thiophene rings is 1. The molecule has 3 aromatic heterocycles. The van der Waals surface area contributed by atoms with Gasteiger partial charge in [0.25, 0.3) is 11.5 Å². The molecule has 1 aliphatic rings. The first-order valence-electron chi connectivity index (χ1n) is 8.80. The number of rotatable bonds is 5. The number of aromatic amines is 2. The summed E-state index contributed by atoms with van der Waals surface area (Å²) in [7, 11) is 0. The van der Waals surface area contributed by atoms with Gasteiger partial charge in [-0.05, 0) is 43.4 Å². The van der Waals surface area contributed by atoms with E-state index in [4.69, 9.17) is 0 Å². The Morgan fingerprint density at radius 1 is 1.30 bits per heavy atom. The third-order valence-corrected chi connectivity index (χ3v) is 5.74. The van der Waals surface area contributed by atoms with Gasteiger partial charge in [-0.1, -0.05) is 6.07 Å². The van der Waals surface area contributed by atoms with E-state index in [2.05, 4.69) is 31.2 Å². The van der Waals surface area contributed by atoms with Crippen LogP contribution in [0.4, 0.5) is 0 Å². The van der Waals surface area contributed by atoms with Crippen LogP contribution in [0.5, 0.6) is 0 Å². The average molecular weight is 385 g/mol. The smallest absolute Gasteiger partial charge is 0.327 e. The molecule has 0 aliphatic carbocycles. The number of aromatic nitrogens is 3. The second-order valence-electron chi connectivity index (χ2n) is 6.51. The number of carbonyl (C=O) groups excluding carboxylic acids is 1. The Bertz CT molecular complexity index is 1070. The van der Waals surface area contributed by atoms with Crippen molar-refractivity contribution in [2.24, 2.45) is 0 Å². The zero-order valence-electron chi connectivity index (χ0n) is 14.5. The van der Waals surface area contributed by atoms with Gasteiger partial charge in [0.05, 0.1) is 17.0 Å². The molecule has 0 saturated carbocycles. The Hall–Kier alpha value is -2.78. The first kappa shape index (κ1) is 17.6. The lowest BCUT2D eigenvalue weighted by Gasteiger charge is -2.26. The average Bonchev–Trinajstić information content (AvgIpc) is 3.36. The number of hydrogen-bond donors (Lipinski definition) is 3. The van der Waals surface area contributed by atoms with Gasteiger partial charge in [0.2, 0.25) is 0 Å². The predicted molar refractivity (Wildman–Crippen MR) is 103 cm³/mol. The normalized spacial score (nSPS) is 15.9. The van der Waals surface area contributed by atoms with Gasteiger partial charge in [-0.25, -0.2) is 9.78 Å². The van der Waals surface area contributed by atoms with Crippen LogP contribution in [0.25, 0.3) is 11.0 Å². The number of nitrogens with one attached hydrogen (secondary N) is 3. The Kier molecular flexibility index (Phi) is 4.87. The standard InChI is InChI=1S/C18H19N5O3S/c24-16(11-8-12-15(19-9-11)21-18(26)22-17(12)25)20-10-13(14-4-3-7-27-14)23-5-1-2-6-23/h3-4,7-9,13H,1-2,5-6,10H2,(H,20,24)(H2,19,21,22,25,26). The predicted octanol–water partition coefficient (Wildman–Crippen LogP) is 1.24. The molecule has 1 saturated heterocycles. The third-order valence-electron chi connectivity index (χ3n) is 4.76. The number of amides is 1. The van der Waals surface area contributed by atoms with E-state index in [1.165, 1.54) is 30.0 Å². The van der Waals surface area contributed by atoms with Crippen LogP contribution in [0, 0.1) is 0 Å². The maximum Gasteiger partial charge on any atom is 0.327 e. The molecule has 0 radical (unpaired) electrons. The molecule has 4 heterocycles. The lowest BCUT2D eigenvalue weighted by Crippen LogP contribution is -2.36. The summed E-state index contributed by atoms with van der Waals surface area (Å²) < 4.78 is 0. The van der Waals surface area contributed by atoms with Crippen LogP contribution in [-0.4, -0.2) is 45.4 Å². The van der Waals surface area contributed by atoms with Gasteiger partial charge < -0.3 is 5.32 Å². The number of pyridine rings is 1. The van der Waals surface area contributed by atoms with Crippen molar-refractivity contribution in [3.8, 4) is 0 Å². The number of nitrogens with zero attached hydrogens (tertiary/aromatic N) is 2. The number of H-pyrrole nitrogens is 2. The largest absolute Gasteiger partial charge is 0.350 e. The Morgan fingerprint density at radius 2 is 2.11 bits per heavy atom. The molecule has 9 heteroatoms. The lowest BCUT2D eigenvalue weighted by molar-refractivity contribution is 0.0938. The van der Waals surface area contributed by atoms with Crippen LogP contribution in [0.3, 0.4) is 0 Å². The molecule has 140 valence electrons. The van der Waals surface area contributed by atoms with Crippen molar-refractivity contribution in [2.45, 2.75) is 18.9 Å². The van der Waals surface area contributed by atoms with Crippen molar-refractivity contribution in [3.63, 3.8) is 0 Å². The minimum absolute atomic E-state index is 0.143. The van der Waals surface area contributed by atoms with E-state index < -0.39 is 11.2 Å². The van der Waals surface area contributed by atoms with Crippen molar-refractivity contribution in [1.82, 2.24) is 25.2 Å². The minimum atomic E-state index is -0.624.